The van der Waals surface area contributed by atoms with Crippen molar-refractivity contribution in [3.05, 3.63) is 29.8 Å². The summed E-state index contributed by atoms with van der Waals surface area (Å²) >= 11 is 0. The number of rotatable bonds is 5. The van der Waals surface area contributed by atoms with Crippen LogP contribution >= 0.6 is 0 Å². The Morgan fingerprint density at radius 2 is 2.05 bits per heavy atom. The highest BCUT2D eigenvalue weighted by molar-refractivity contribution is 5.91. The topological polar surface area (TPSA) is 93.5 Å². The number of hydrogen-bond acceptors (Lipinski definition) is 4. The van der Waals surface area contributed by atoms with Crippen molar-refractivity contribution in [2.75, 3.05) is 25.1 Å². The maximum Gasteiger partial charge on any atom is 0.227 e. The van der Waals surface area contributed by atoms with Gasteiger partial charge in [-0.15, -0.1) is 0 Å². The standard InChI is InChI=1S/C16H23N3O3/c1-16(2,15(17)21)11-3-5-12(6-4-11)19-14(20)9-13-10-22-8-7-18-13/h3-6,13,18H,7-10H2,1-2H3,(H2,17,21)(H,19,20). The van der Waals surface area contributed by atoms with Gasteiger partial charge in [-0.1, -0.05) is 12.1 Å². The summed E-state index contributed by atoms with van der Waals surface area (Å²) in [6.07, 6.45) is 0.370. The summed E-state index contributed by atoms with van der Waals surface area (Å²) in [5.41, 5.74) is 6.19. The molecule has 1 aromatic carbocycles. The molecule has 1 aliphatic rings. The van der Waals surface area contributed by atoms with Crippen molar-refractivity contribution >= 4 is 17.5 Å². The van der Waals surface area contributed by atoms with Crippen LogP contribution in [0.5, 0.6) is 0 Å². The van der Waals surface area contributed by atoms with E-state index in [0.717, 1.165) is 12.1 Å². The Labute approximate surface area is 130 Å². The summed E-state index contributed by atoms with van der Waals surface area (Å²) < 4.78 is 5.32. The number of nitrogens with two attached hydrogens (primary N) is 1. The van der Waals surface area contributed by atoms with E-state index >= 15 is 0 Å². The first kappa shape index (κ1) is 16.5. The third-order valence-electron chi connectivity index (χ3n) is 3.94. The largest absolute Gasteiger partial charge is 0.378 e. The van der Waals surface area contributed by atoms with Gasteiger partial charge in [-0.05, 0) is 31.5 Å². The average molecular weight is 305 g/mol. The lowest BCUT2D eigenvalue weighted by Crippen LogP contribution is -2.43. The van der Waals surface area contributed by atoms with Crippen molar-refractivity contribution in [3.63, 3.8) is 0 Å². The predicted octanol–water partition coefficient (Wildman–Crippen LogP) is 0.767. The molecule has 1 saturated heterocycles. The number of carbonyl (C=O) groups is 2. The van der Waals surface area contributed by atoms with Crippen molar-refractivity contribution in [1.29, 1.82) is 0 Å². The number of ether oxygens (including phenoxy) is 1. The Bertz CT molecular complexity index is 534. The maximum absolute atomic E-state index is 12.0. The number of benzene rings is 1. The quantitative estimate of drug-likeness (QED) is 0.749. The molecular weight excluding hydrogens is 282 g/mol. The van der Waals surface area contributed by atoms with E-state index in [4.69, 9.17) is 10.5 Å². The smallest absolute Gasteiger partial charge is 0.227 e. The number of morpholine rings is 1. The molecule has 1 aliphatic heterocycles. The van der Waals surface area contributed by atoms with Crippen LogP contribution in [0.3, 0.4) is 0 Å². The zero-order valence-corrected chi connectivity index (χ0v) is 13.0. The van der Waals surface area contributed by atoms with Crippen LogP contribution in [-0.4, -0.2) is 37.6 Å². The molecule has 1 fully saturated rings. The minimum absolute atomic E-state index is 0.0572. The monoisotopic (exact) mass is 305 g/mol. The molecule has 6 nitrogen and oxygen atoms in total. The molecule has 2 rings (SSSR count). The van der Waals surface area contributed by atoms with E-state index in [-0.39, 0.29) is 17.9 Å². The van der Waals surface area contributed by atoms with Crippen molar-refractivity contribution in [2.24, 2.45) is 5.73 Å². The van der Waals surface area contributed by atoms with Gasteiger partial charge in [-0.2, -0.15) is 0 Å². The first-order valence-corrected chi connectivity index (χ1v) is 7.41. The van der Waals surface area contributed by atoms with Crippen LogP contribution in [0.1, 0.15) is 25.8 Å². The fourth-order valence-electron chi connectivity index (χ4n) is 2.30. The second-order valence-electron chi connectivity index (χ2n) is 6.04. The highest BCUT2D eigenvalue weighted by Gasteiger charge is 2.27. The molecule has 4 N–H and O–H groups in total. The Hall–Kier alpha value is -1.92. The molecule has 2 amide bonds. The minimum atomic E-state index is -0.730. The molecule has 0 radical (unpaired) electrons. The molecule has 0 aromatic heterocycles. The Morgan fingerprint density at radius 3 is 2.59 bits per heavy atom. The van der Waals surface area contributed by atoms with E-state index in [1.807, 2.05) is 12.1 Å². The van der Waals surface area contributed by atoms with Gasteiger partial charge < -0.3 is 21.1 Å². The summed E-state index contributed by atoms with van der Waals surface area (Å²) in [5.74, 6) is -0.447. The number of carbonyl (C=O) groups excluding carboxylic acids is 2. The lowest BCUT2D eigenvalue weighted by atomic mass is 9.84. The first-order valence-electron chi connectivity index (χ1n) is 7.41. The number of hydrogen-bond donors (Lipinski definition) is 3. The van der Waals surface area contributed by atoms with Gasteiger partial charge in [-0.3, -0.25) is 9.59 Å². The lowest BCUT2D eigenvalue weighted by molar-refractivity contribution is -0.122. The van der Waals surface area contributed by atoms with Crippen molar-refractivity contribution in [3.8, 4) is 0 Å². The van der Waals surface area contributed by atoms with E-state index in [9.17, 15) is 9.59 Å². The van der Waals surface area contributed by atoms with Gasteiger partial charge in [0.25, 0.3) is 0 Å². The van der Waals surface area contributed by atoms with E-state index in [1.165, 1.54) is 0 Å². The Balaban J connectivity index is 1.93. The SMILES string of the molecule is CC(C)(C(N)=O)c1ccc(NC(=O)CC2COCCN2)cc1. The van der Waals surface area contributed by atoms with E-state index in [0.29, 0.717) is 25.3 Å². The molecule has 0 saturated carbocycles. The highest BCUT2D eigenvalue weighted by Crippen LogP contribution is 2.24. The third kappa shape index (κ3) is 4.05. The summed E-state index contributed by atoms with van der Waals surface area (Å²) in [6, 6.07) is 7.23. The van der Waals surface area contributed by atoms with Gasteiger partial charge in [0, 0.05) is 24.7 Å². The zero-order chi connectivity index (χ0) is 16.2. The fourth-order valence-corrected chi connectivity index (χ4v) is 2.30. The van der Waals surface area contributed by atoms with Gasteiger partial charge in [0.2, 0.25) is 11.8 Å². The van der Waals surface area contributed by atoms with Gasteiger partial charge in [0.15, 0.2) is 0 Å². The third-order valence-corrected chi connectivity index (χ3v) is 3.94. The number of primary amides is 1. The number of anilines is 1. The summed E-state index contributed by atoms with van der Waals surface area (Å²) in [4.78, 5) is 23.4. The van der Waals surface area contributed by atoms with Gasteiger partial charge in [-0.25, -0.2) is 0 Å². The van der Waals surface area contributed by atoms with E-state index < -0.39 is 5.41 Å². The Kier molecular flexibility index (Phi) is 5.15. The van der Waals surface area contributed by atoms with E-state index in [2.05, 4.69) is 10.6 Å². The van der Waals surface area contributed by atoms with Crippen LogP contribution in [0.2, 0.25) is 0 Å². The van der Waals surface area contributed by atoms with Crippen LogP contribution < -0.4 is 16.4 Å². The summed E-state index contributed by atoms with van der Waals surface area (Å²) in [5, 5.41) is 6.09. The van der Waals surface area contributed by atoms with Gasteiger partial charge in [0.05, 0.1) is 18.6 Å². The molecule has 0 aliphatic carbocycles. The normalized spacial score (nSPS) is 18.7. The fraction of sp³-hybridized carbons (Fsp3) is 0.500. The molecule has 1 unspecified atom stereocenters. The number of amides is 2. The predicted molar refractivity (Wildman–Crippen MR) is 84.5 cm³/mol. The zero-order valence-electron chi connectivity index (χ0n) is 13.0. The molecule has 120 valence electrons. The lowest BCUT2D eigenvalue weighted by Gasteiger charge is -2.23. The molecule has 1 heterocycles. The minimum Gasteiger partial charge on any atom is -0.378 e. The van der Waals surface area contributed by atoms with Crippen molar-refractivity contribution in [2.45, 2.75) is 31.7 Å². The molecule has 0 bridgehead atoms. The van der Waals surface area contributed by atoms with Crippen LogP contribution in [0.4, 0.5) is 5.69 Å². The molecular formula is C16H23N3O3. The van der Waals surface area contributed by atoms with E-state index in [1.54, 1.807) is 26.0 Å². The summed E-state index contributed by atoms with van der Waals surface area (Å²) in [6.45, 7) is 5.57. The van der Waals surface area contributed by atoms with Crippen LogP contribution in [0.25, 0.3) is 0 Å². The van der Waals surface area contributed by atoms with Gasteiger partial charge in [0.1, 0.15) is 0 Å². The van der Waals surface area contributed by atoms with Gasteiger partial charge >= 0.3 is 0 Å². The van der Waals surface area contributed by atoms with Crippen molar-refractivity contribution < 1.29 is 14.3 Å². The van der Waals surface area contributed by atoms with Crippen LogP contribution in [0, 0.1) is 0 Å². The molecule has 6 heteroatoms. The molecule has 0 spiro atoms. The number of nitrogens with one attached hydrogen (secondary N) is 2. The molecule has 1 atom stereocenters. The Morgan fingerprint density at radius 1 is 1.36 bits per heavy atom. The molecule has 22 heavy (non-hydrogen) atoms. The first-order chi connectivity index (χ1) is 10.4. The van der Waals surface area contributed by atoms with Crippen LogP contribution in [0.15, 0.2) is 24.3 Å². The average Bonchev–Trinajstić information content (AvgIpc) is 2.48. The van der Waals surface area contributed by atoms with Crippen molar-refractivity contribution in [1.82, 2.24) is 5.32 Å². The molecule has 1 aromatic rings. The highest BCUT2D eigenvalue weighted by atomic mass is 16.5. The second kappa shape index (κ2) is 6.89. The second-order valence-corrected chi connectivity index (χ2v) is 6.04. The maximum atomic E-state index is 12.0. The van der Waals surface area contributed by atoms with Crippen LogP contribution in [-0.2, 0) is 19.7 Å². The summed E-state index contributed by atoms with van der Waals surface area (Å²) in [7, 11) is 0.